The maximum Gasteiger partial charge on any atom is 0.358 e. The highest BCUT2D eigenvalue weighted by atomic mass is 79.9. The van der Waals surface area contributed by atoms with Gasteiger partial charge in [-0.3, -0.25) is 4.57 Å². The predicted octanol–water partition coefficient (Wildman–Crippen LogP) is 0.613. The van der Waals surface area contributed by atoms with Crippen LogP contribution >= 0.6 is 15.9 Å². The van der Waals surface area contributed by atoms with Crippen LogP contribution in [0.4, 0.5) is 0 Å². The van der Waals surface area contributed by atoms with E-state index in [-0.39, 0.29) is 11.4 Å². The molecule has 0 aliphatic rings. The van der Waals surface area contributed by atoms with Crippen LogP contribution in [0.5, 0.6) is 0 Å². The van der Waals surface area contributed by atoms with Crippen molar-refractivity contribution in [2.24, 2.45) is 0 Å². The molecule has 0 amide bonds. The second-order valence-corrected chi connectivity index (χ2v) is 5.00. The Morgan fingerprint density at radius 1 is 1.40 bits per heavy atom. The van der Waals surface area contributed by atoms with E-state index in [1.807, 2.05) is 6.92 Å². The van der Waals surface area contributed by atoms with E-state index in [0.29, 0.717) is 18.8 Å². The third-order valence-electron chi connectivity index (χ3n) is 2.84. The molecule has 9 heteroatoms. The standard InChI is InChI=1S/C11H12BrN5O3/c1-6-9(12)7(2)17(11(20)13-6)4-3-16-5-8(10(18)19)14-15-16/h5H,3-4H2,1-2H3,(H,18,19). The monoisotopic (exact) mass is 341 g/mol. The topological polar surface area (TPSA) is 103 Å². The molecular weight excluding hydrogens is 330 g/mol. The molecule has 0 aliphatic carbocycles. The van der Waals surface area contributed by atoms with E-state index in [1.54, 1.807) is 6.92 Å². The Balaban J connectivity index is 2.21. The lowest BCUT2D eigenvalue weighted by Crippen LogP contribution is -2.28. The van der Waals surface area contributed by atoms with Gasteiger partial charge in [-0.2, -0.15) is 4.98 Å². The van der Waals surface area contributed by atoms with E-state index in [1.165, 1.54) is 15.4 Å². The molecule has 106 valence electrons. The summed E-state index contributed by atoms with van der Waals surface area (Å²) in [6.07, 6.45) is 1.32. The number of aromatic nitrogens is 5. The summed E-state index contributed by atoms with van der Waals surface area (Å²) in [5.41, 5.74) is 0.929. The largest absolute Gasteiger partial charge is 0.476 e. The highest BCUT2D eigenvalue weighted by Gasteiger charge is 2.11. The van der Waals surface area contributed by atoms with Crippen molar-refractivity contribution >= 4 is 21.9 Å². The van der Waals surface area contributed by atoms with Crippen molar-refractivity contribution in [1.29, 1.82) is 0 Å². The summed E-state index contributed by atoms with van der Waals surface area (Å²) < 4.78 is 3.66. The summed E-state index contributed by atoms with van der Waals surface area (Å²) in [7, 11) is 0. The third-order valence-corrected chi connectivity index (χ3v) is 3.99. The van der Waals surface area contributed by atoms with Gasteiger partial charge in [0.1, 0.15) is 0 Å². The summed E-state index contributed by atoms with van der Waals surface area (Å²) in [6.45, 7) is 4.22. The number of aryl methyl sites for hydroxylation is 2. The van der Waals surface area contributed by atoms with Gasteiger partial charge in [-0.05, 0) is 29.8 Å². The minimum atomic E-state index is -1.13. The van der Waals surface area contributed by atoms with Crippen molar-refractivity contribution < 1.29 is 9.90 Å². The summed E-state index contributed by atoms with van der Waals surface area (Å²) >= 11 is 3.38. The molecule has 0 spiro atoms. The molecule has 0 radical (unpaired) electrons. The normalized spacial score (nSPS) is 10.8. The maximum atomic E-state index is 11.8. The number of aromatic carboxylic acids is 1. The smallest absolute Gasteiger partial charge is 0.358 e. The summed E-state index contributed by atoms with van der Waals surface area (Å²) in [6, 6.07) is 0. The number of hydrogen-bond donors (Lipinski definition) is 1. The van der Waals surface area contributed by atoms with Gasteiger partial charge >= 0.3 is 11.7 Å². The van der Waals surface area contributed by atoms with Crippen LogP contribution in [-0.2, 0) is 13.1 Å². The quantitative estimate of drug-likeness (QED) is 0.873. The Hall–Kier alpha value is -2.03. The average Bonchev–Trinajstić information content (AvgIpc) is 2.85. The van der Waals surface area contributed by atoms with Crippen LogP contribution in [0, 0.1) is 13.8 Å². The van der Waals surface area contributed by atoms with Crippen LogP contribution in [0.3, 0.4) is 0 Å². The fourth-order valence-corrected chi connectivity index (χ4v) is 2.05. The zero-order valence-corrected chi connectivity index (χ0v) is 12.5. The molecule has 2 aromatic rings. The zero-order chi connectivity index (χ0) is 14.9. The molecule has 0 aromatic carbocycles. The number of halogens is 1. The predicted molar refractivity (Wildman–Crippen MR) is 72.7 cm³/mol. The molecule has 20 heavy (non-hydrogen) atoms. The van der Waals surface area contributed by atoms with E-state index in [2.05, 4.69) is 31.2 Å². The summed E-state index contributed by atoms with van der Waals surface area (Å²) in [4.78, 5) is 26.4. The lowest BCUT2D eigenvalue weighted by atomic mass is 10.3. The van der Waals surface area contributed by atoms with Gasteiger partial charge in [0.15, 0.2) is 5.69 Å². The van der Waals surface area contributed by atoms with Crippen LogP contribution in [-0.4, -0.2) is 35.6 Å². The van der Waals surface area contributed by atoms with Gasteiger partial charge in [0, 0.05) is 12.2 Å². The molecule has 0 atom stereocenters. The number of nitrogens with zero attached hydrogens (tertiary/aromatic N) is 5. The van der Waals surface area contributed by atoms with Crippen molar-refractivity contribution in [3.8, 4) is 0 Å². The zero-order valence-electron chi connectivity index (χ0n) is 10.9. The van der Waals surface area contributed by atoms with Crippen molar-refractivity contribution in [2.45, 2.75) is 26.9 Å². The average molecular weight is 342 g/mol. The second kappa shape index (κ2) is 5.53. The second-order valence-electron chi connectivity index (χ2n) is 4.20. The highest BCUT2D eigenvalue weighted by molar-refractivity contribution is 9.10. The molecule has 0 fully saturated rings. The van der Waals surface area contributed by atoms with Gasteiger partial charge < -0.3 is 5.11 Å². The van der Waals surface area contributed by atoms with Gasteiger partial charge in [-0.1, -0.05) is 5.21 Å². The van der Waals surface area contributed by atoms with Crippen LogP contribution < -0.4 is 5.69 Å². The van der Waals surface area contributed by atoms with Crippen molar-refractivity contribution in [1.82, 2.24) is 24.5 Å². The molecule has 0 aliphatic heterocycles. The van der Waals surface area contributed by atoms with E-state index in [9.17, 15) is 9.59 Å². The SMILES string of the molecule is Cc1nc(=O)n(CCn2cc(C(=O)O)nn2)c(C)c1Br. The summed E-state index contributed by atoms with van der Waals surface area (Å²) in [5.74, 6) is -1.13. The van der Waals surface area contributed by atoms with Crippen LogP contribution in [0.2, 0.25) is 0 Å². The first-order valence-corrected chi connectivity index (χ1v) is 6.56. The minimum Gasteiger partial charge on any atom is -0.476 e. The van der Waals surface area contributed by atoms with Crippen molar-refractivity contribution in [3.05, 3.63) is 38.2 Å². The molecule has 2 heterocycles. The van der Waals surface area contributed by atoms with E-state index in [4.69, 9.17) is 5.11 Å². The molecule has 0 saturated heterocycles. The molecule has 8 nitrogen and oxygen atoms in total. The van der Waals surface area contributed by atoms with Gasteiger partial charge in [0.2, 0.25) is 0 Å². The molecule has 0 saturated carbocycles. The van der Waals surface area contributed by atoms with E-state index in [0.717, 1.165) is 10.2 Å². The number of rotatable bonds is 4. The first-order valence-electron chi connectivity index (χ1n) is 5.77. The number of hydrogen-bond acceptors (Lipinski definition) is 5. The van der Waals surface area contributed by atoms with Gasteiger partial charge in [0.25, 0.3) is 0 Å². The van der Waals surface area contributed by atoms with Crippen molar-refractivity contribution in [3.63, 3.8) is 0 Å². The highest BCUT2D eigenvalue weighted by Crippen LogP contribution is 2.16. The fourth-order valence-electron chi connectivity index (χ4n) is 1.75. The first-order chi connectivity index (χ1) is 9.40. The maximum absolute atomic E-state index is 11.8. The first kappa shape index (κ1) is 14.4. The molecule has 2 aromatic heterocycles. The van der Waals surface area contributed by atoms with Gasteiger partial charge in [0.05, 0.1) is 22.9 Å². The van der Waals surface area contributed by atoms with E-state index < -0.39 is 5.97 Å². The number of carbonyl (C=O) groups is 1. The Morgan fingerprint density at radius 3 is 2.70 bits per heavy atom. The Morgan fingerprint density at radius 2 is 2.10 bits per heavy atom. The Bertz CT molecular complexity index is 721. The fraction of sp³-hybridized carbons (Fsp3) is 0.364. The third kappa shape index (κ3) is 2.77. The summed E-state index contributed by atoms with van der Waals surface area (Å²) in [5, 5.41) is 15.9. The minimum absolute atomic E-state index is 0.128. The van der Waals surface area contributed by atoms with Crippen LogP contribution in [0.25, 0.3) is 0 Å². The van der Waals surface area contributed by atoms with Gasteiger partial charge in [-0.25, -0.2) is 14.3 Å². The molecule has 0 bridgehead atoms. The van der Waals surface area contributed by atoms with Crippen molar-refractivity contribution in [2.75, 3.05) is 0 Å². The Labute approximate surface area is 122 Å². The number of carboxylic acid groups (broad SMARTS) is 1. The van der Waals surface area contributed by atoms with Crippen LogP contribution in [0.15, 0.2) is 15.5 Å². The molecule has 2 rings (SSSR count). The van der Waals surface area contributed by atoms with Gasteiger partial charge in [-0.15, -0.1) is 5.10 Å². The lowest BCUT2D eigenvalue weighted by Gasteiger charge is -2.11. The molecule has 0 unspecified atom stereocenters. The lowest BCUT2D eigenvalue weighted by molar-refractivity contribution is 0.0690. The molecular formula is C11H12BrN5O3. The number of carboxylic acids is 1. The molecule has 1 N–H and O–H groups in total. The van der Waals surface area contributed by atoms with Crippen LogP contribution in [0.1, 0.15) is 21.9 Å². The Kier molecular flexibility index (Phi) is 3.98. The van der Waals surface area contributed by atoms with E-state index >= 15 is 0 Å².